The van der Waals surface area contributed by atoms with Crippen LogP contribution in [0.15, 0.2) is 18.2 Å². The highest BCUT2D eigenvalue weighted by atomic mass is 35.5. The van der Waals surface area contributed by atoms with Gasteiger partial charge in [0.25, 0.3) is 0 Å². The summed E-state index contributed by atoms with van der Waals surface area (Å²) in [6, 6.07) is 6.16. The molecule has 0 bridgehead atoms. The number of benzene rings is 1. The summed E-state index contributed by atoms with van der Waals surface area (Å²) in [5.74, 6) is 0.431. The molecule has 1 aromatic carbocycles. The number of hydrogen-bond acceptors (Lipinski definition) is 1. The predicted molar refractivity (Wildman–Crippen MR) is 68.0 cm³/mol. The van der Waals surface area contributed by atoms with Gasteiger partial charge in [0.2, 0.25) is 0 Å². The third-order valence-electron chi connectivity index (χ3n) is 3.80. The SMILES string of the molecule is CC(C)(CO)C1CCCc2c(Cl)cccc21. The van der Waals surface area contributed by atoms with Crippen LogP contribution in [0.4, 0.5) is 0 Å². The Hall–Kier alpha value is -0.530. The quantitative estimate of drug-likeness (QED) is 0.832. The maximum atomic E-state index is 9.51. The van der Waals surface area contributed by atoms with E-state index in [4.69, 9.17) is 11.6 Å². The van der Waals surface area contributed by atoms with Crippen molar-refractivity contribution in [3.8, 4) is 0 Å². The van der Waals surface area contributed by atoms with Gasteiger partial charge in [-0.25, -0.2) is 0 Å². The molecule has 1 nitrogen and oxygen atoms in total. The third-order valence-corrected chi connectivity index (χ3v) is 4.16. The van der Waals surface area contributed by atoms with Crippen LogP contribution in [-0.2, 0) is 6.42 Å². The Morgan fingerprint density at radius 1 is 1.44 bits per heavy atom. The number of fused-ring (bicyclic) bond motifs is 1. The molecule has 16 heavy (non-hydrogen) atoms. The van der Waals surface area contributed by atoms with Gasteiger partial charge in [0.1, 0.15) is 0 Å². The average Bonchev–Trinajstić information content (AvgIpc) is 2.29. The molecule has 1 N–H and O–H groups in total. The van der Waals surface area contributed by atoms with E-state index >= 15 is 0 Å². The summed E-state index contributed by atoms with van der Waals surface area (Å²) in [6.07, 6.45) is 3.40. The number of hydrogen-bond donors (Lipinski definition) is 1. The van der Waals surface area contributed by atoms with Crippen molar-refractivity contribution in [2.45, 2.75) is 39.0 Å². The largest absolute Gasteiger partial charge is 0.396 e. The lowest BCUT2D eigenvalue weighted by atomic mass is 9.69. The number of rotatable bonds is 2. The first-order valence-electron chi connectivity index (χ1n) is 5.94. The fourth-order valence-corrected chi connectivity index (χ4v) is 3.00. The number of aliphatic hydroxyl groups is 1. The van der Waals surface area contributed by atoms with E-state index in [9.17, 15) is 5.11 Å². The van der Waals surface area contributed by atoms with E-state index in [0.29, 0.717) is 5.92 Å². The van der Waals surface area contributed by atoms with Gasteiger partial charge in [-0.05, 0) is 47.8 Å². The average molecular weight is 239 g/mol. The molecule has 0 saturated heterocycles. The second-order valence-corrected chi connectivity index (χ2v) is 5.81. The minimum Gasteiger partial charge on any atom is -0.396 e. The minimum atomic E-state index is -0.0557. The topological polar surface area (TPSA) is 20.2 Å². The summed E-state index contributed by atoms with van der Waals surface area (Å²) in [7, 11) is 0. The van der Waals surface area contributed by atoms with Crippen LogP contribution in [0.5, 0.6) is 0 Å². The van der Waals surface area contributed by atoms with Gasteiger partial charge >= 0.3 is 0 Å². The van der Waals surface area contributed by atoms with E-state index < -0.39 is 0 Å². The van der Waals surface area contributed by atoms with Gasteiger partial charge in [-0.2, -0.15) is 0 Å². The molecule has 0 aromatic heterocycles. The van der Waals surface area contributed by atoms with Crippen LogP contribution in [0.25, 0.3) is 0 Å². The molecule has 0 amide bonds. The molecular weight excluding hydrogens is 220 g/mol. The van der Waals surface area contributed by atoms with Crippen molar-refractivity contribution < 1.29 is 5.11 Å². The Balaban J connectivity index is 2.45. The van der Waals surface area contributed by atoms with Crippen LogP contribution < -0.4 is 0 Å². The lowest BCUT2D eigenvalue weighted by Gasteiger charge is -2.37. The fourth-order valence-electron chi connectivity index (χ4n) is 2.73. The second kappa shape index (κ2) is 4.38. The van der Waals surface area contributed by atoms with Gasteiger partial charge in [0.05, 0.1) is 0 Å². The molecule has 2 rings (SSSR count). The Bertz CT molecular complexity index is 384. The highest BCUT2D eigenvalue weighted by Gasteiger charge is 2.33. The van der Waals surface area contributed by atoms with Crippen molar-refractivity contribution in [1.82, 2.24) is 0 Å². The Labute approximate surface area is 102 Å². The first-order chi connectivity index (χ1) is 7.56. The van der Waals surface area contributed by atoms with E-state index in [0.717, 1.165) is 17.9 Å². The van der Waals surface area contributed by atoms with E-state index in [1.807, 2.05) is 12.1 Å². The van der Waals surface area contributed by atoms with E-state index in [1.54, 1.807) is 0 Å². The summed E-state index contributed by atoms with van der Waals surface area (Å²) >= 11 is 6.24. The molecule has 1 aliphatic carbocycles. The highest BCUT2D eigenvalue weighted by molar-refractivity contribution is 6.31. The van der Waals surface area contributed by atoms with E-state index in [2.05, 4.69) is 19.9 Å². The van der Waals surface area contributed by atoms with Crippen molar-refractivity contribution in [1.29, 1.82) is 0 Å². The summed E-state index contributed by atoms with van der Waals surface area (Å²) in [4.78, 5) is 0. The Morgan fingerprint density at radius 3 is 2.88 bits per heavy atom. The van der Waals surface area contributed by atoms with Crippen molar-refractivity contribution >= 4 is 11.6 Å². The molecule has 2 heteroatoms. The molecule has 0 spiro atoms. The van der Waals surface area contributed by atoms with Crippen molar-refractivity contribution in [2.24, 2.45) is 5.41 Å². The standard InChI is InChI=1S/C14H19ClO/c1-14(2,9-16)12-7-3-6-11-10(12)5-4-8-13(11)15/h4-5,8,12,16H,3,6-7,9H2,1-2H3. The molecule has 0 fully saturated rings. The molecule has 1 aliphatic rings. The van der Waals surface area contributed by atoms with Gasteiger partial charge in [-0.3, -0.25) is 0 Å². The van der Waals surface area contributed by atoms with Crippen molar-refractivity contribution in [2.75, 3.05) is 6.61 Å². The maximum Gasteiger partial charge on any atom is 0.0487 e. The molecule has 1 unspecified atom stereocenters. The molecule has 0 radical (unpaired) electrons. The second-order valence-electron chi connectivity index (χ2n) is 5.40. The van der Waals surface area contributed by atoms with Crippen molar-refractivity contribution in [3.05, 3.63) is 34.3 Å². The Kier molecular flexibility index (Phi) is 3.27. The van der Waals surface area contributed by atoms with Gasteiger partial charge in [-0.15, -0.1) is 0 Å². The fraction of sp³-hybridized carbons (Fsp3) is 0.571. The maximum absolute atomic E-state index is 9.51. The number of aliphatic hydroxyl groups excluding tert-OH is 1. The summed E-state index contributed by atoms with van der Waals surface area (Å²) in [6.45, 7) is 4.49. The Morgan fingerprint density at radius 2 is 2.19 bits per heavy atom. The molecule has 88 valence electrons. The van der Waals surface area contributed by atoms with Crippen LogP contribution in [0.2, 0.25) is 5.02 Å². The van der Waals surface area contributed by atoms with Gasteiger partial charge in [0, 0.05) is 11.6 Å². The first kappa shape index (κ1) is 11.9. The lowest BCUT2D eigenvalue weighted by Crippen LogP contribution is -2.29. The zero-order valence-electron chi connectivity index (χ0n) is 9.96. The van der Waals surface area contributed by atoms with Crippen LogP contribution in [0.3, 0.4) is 0 Å². The van der Waals surface area contributed by atoms with Crippen LogP contribution in [-0.4, -0.2) is 11.7 Å². The van der Waals surface area contributed by atoms with Crippen LogP contribution >= 0.6 is 11.6 Å². The summed E-state index contributed by atoms with van der Waals surface area (Å²) < 4.78 is 0. The van der Waals surface area contributed by atoms with Gasteiger partial charge in [-0.1, -0.05) is 37.6 Å². The highest BCUT2D eigenvalue weighted by Crippen LogP contribution is 2.44. The first-order valence-corrected chi connectivity index (χ1v) is 6.32. The van der Waals surface area contributed by atoms with Crippen LogP contribution in [0.1, 0.15) is 43.7 Å². The normalized spacial score (nSPS) is 20.6. The van der Waals surface area contributed by atoms with Crippen molar-refractivity contribution in [3.63, 3.8) is 0 Å². The smallest absolute Gasteiger partial charge is 0.0487 e. The zero-order chi connectivity index (χ0) is 11.8. The molecule has 0 saturated carbocycles. The third kappa shape index (κ3) is 1.99. The molecule has 1 aromatic rings. The number of halogens is 1. The summed E-state index contributed by atoms with van der Waals surface area (Å²) in [5.41, 5.74) is 2.58. The molecule has 1 atom stereocenters. The van der Waals surface area contributed by atoms with Crippen LogP contribution in [0, 0.1) is 5.41 Å². The predicted octanol–water partition coefficient (Wildman–Crippen LogP) is 3.78. The molecule has 0 aliphatic heterocycles. The monoisotopic (exact) mass is 238 g/mol. The summed E-state index contributed by atoms with van der Waals surface area (Å²) in [5, 5.41) is 10.4. The van der Waals surface area contributed by atoms with E-state index in [1.165, 1.54) is 17.5 Å². The lowest BCUT2D eigenvalue weighted by molar-refractivity contribution is 0.122. The molecular formula is C14H19ClO. The zero-order valence-corrected chi connectivity index (χ0v) is 10.7. The molecule has 0 heterocycles. The minimum absolute atomic E-state index is 0.0557. The van der Waals surface area contributed by atoms with Gasteiger partial charge < -0.3 is 5.11 Å². The van der Waals surface area contributed by atoms with Gasteiger partial charge in [0.15, 0.2) is 0 Å². The van der Waals surface area contributed by atoms with E-state index in [-0.39, 0.29) is 12.0 Å².